The smallest absolute Gasteiger partial charge is 0.222 e. The molecule has 4 aromatic rings. The number of hydrogen-bond donors (Lipinski definition) is 1. The lowest BCUT2D eigenvalue weighted by atomic mass is 10.1. The van der Waals surface area contributed by atoms with Gasteiger partial charge in [0.05, 0.1) is 17.8 Å². The number of hydrogen-bond acceptors (Lipinski definition) is 2. The van der Waals surface area contributed by atoms with E-state index in [1.807, 2.05) is 54.6 Å². The van der Waals surface area contributed by atoms with E-state index >= 15 is 0 Å². The Bertz CT molecular complexity index is 1080. The van der Waals surface area contributed by atoms with Gasteiger partial charge in [-0.25, -0.2) is 9.24 Å². The Morgan fingerprint density at radius 2 is 1.68 bits per heavy atom. The Kier molecular flexibility index (Phi) is 3.64. The molecule has 120 valence electrons. The fourth-order valence-corrected chi connectivity index (χ4v) is 2.64. The van der Waals surface area contributed by atoms with E-state index in [0.717, 1.165) is 11.3 Å². The molecule has 0 unspecified atom stereocenters. The second kappa shape index (κ2) is 6.10. The van der Waals surface area contributed by atoms with Crippen LogP contribution in [0.2, 0.25) is 0 Å². The molecule has 0 spiro atoms. The number of halogens is 1. The SMILES string of the molecule is [C-]#[N+]c1cc2c(-c3ccc(Oc4ccccc4)cc3)n[nH]c2cc1F. The molecule has 0 aliphatic heterocycles. The Hall–Kier alpha value is -3.65. The van der Waals surface area contributed by atoms with Gasteiger partial charge < -0.3 is 4.74 Å². The van der Waals surface area contributed by atoms with Crippen LogP contribution in [0.3, 0.4) is 0 Å². The molecule has 3 aromatic carbocycles. The maximum absolute atomic E-state index is 13.7. The molecule has 0 aliphatic rings. The van der Waals surface area contributed by atoms with Gasteiger partial charge in [0.15, 0.2) is 0 Å². The van der Waals surface area contributed by atoms with Crippen LogP contribution < -0.4 is 4.74 Å². The van der Waals surface area contributed by atoms with Crippen molar-refractivity contribution >= 4 is 16.6 Å². The Morgan fingerprint density at radius 3 is 2.40 bits per heavy atom. The molecule has 0 bridgehead atoms. The lowest BCUT2D eigenvalue weighted by molar-refractivity contribution is 0.483. The van der Waals surface area contributed by atoms with Crippen LogP contribution >= 0.6 is 0 Å². The molecule has 5 heteroatoms. The highest BCUT2D eigenvalue weighted by Crippen LogP contribution is 2.32. The van der Waals surface area contributed by atoms with E-state index in [4.69, 9.17) is 11.3 Å². The van der Waals surface area contributed by atoms with Crippen LogP contribution in [-0.4, -0.2) is 10.2 Å². The predicted octanol–water partition coefficient (Wildman–Crippen LogP) is 5.71. The number of H-pyrrole nitrogens is 1. The highest BCUT2D eigenvalue weighted by atomic mass is 19.1. The largest absolute Gasteiger partial charge is 0.457 e. The molecule has 25 heavy (non-hydrogen) atoms. The third-order valence-corrected chi connectivity index (χ3v) is 3.86. The summed E-state index contributed by atoms with van der Waals surface area (Å²) in [5, 5.41) is 7.78. The van der Waals surface area contributed by atoms with Gasteiger partial charge in [-0.05, 0) is 48.5 Å². The van der Waals surface area contributed by atoms with Crippen molar-refractivity contribution in [3.63, 3.8) is 0 Å². The summed E-state index contributed by atoms with van der Waals surface area (Å²) in [6.45, 7) is 7.06. The van der Waals surface area contributed by atoms with Crippen molar-refractivity contribution < 1.29 is 9.13 Å². The van der Waals surface area contributed by atoms with Gasteiger partial charge in [-0.3, -0.25) is 5.10 Å². The van der Waals surface area contributed by atoms with Crippen molar-refractivity contribution in [2.24, 2.45) is 0 Å². The second-order valence-corrected chi connectivity index (χ2v) is 5.47. The van der Waals surface area contributed by atoms with Gasteiger partial charge >= 0.3 is 0 Å². The molecule has 0 aliphatic carbocycles. The lowest BCUT2D eigenvalue weighted by Gasteiger charge is -2.06. The Labute approximate surface area is 143 Å². The minimum atomic E-state index is -0.552. The van der Waals surface area contributed by atoms with Crippen molar-refractivity contribution in [3.05, 3.63) is 84.0 Å². The van der Waals surface area contributed by atoms with Crippen molar-refractivity contribution in [2.75, 3.05) is 0 Å². The number of fused-ring (bicyclic) bond motifs is 1. The summed E-state index contributed by atoms with van der Waals surface area (Å²) in [4.78, 5) is 3.21. The average Bonchev–Trinajstić information content (AvgIpc) is 3.05. The van der Waals surface area contributed by atoms with Crippen molar-refractivity contribution in [2.45, 2.75) is 0 Å². The molecule has 1 N–H and O–H groups in total. The van der Waals surface area contributed by atoms with Crippen molar-refractivity contribution in [1.29, 1.82) is 0 Å². The number of para-hydroxylation sites is 1. The number of ether oxygens (including phenoxy) is 1. The van der Waals surface area contributed by atoms with Gasteiger partial charge in [0.1, 0.15) is 17.3 Å². The van der Waals surface area contributed by atoms with Crippen LogP contribution in [-0.2, 0) is 0 Å². The van der Waals surface area contributed by atoms with E-state index in [0.29, 0.717) is 22.3 Å². The first-order valence-corrected chi connectivity index (χ1v) is 7.63. The fourth-order valence-electron chi connectivity index (χ4n) is 2.64. The van der Waals surface area contributed by atoms with Crippen LogP contribution in [0.5, 0.6) is 11.5 Å². The molecule has 0 radical (unpaired) electrons. The zero-order valence-electron chi connectivity index (χ0n) is 13.0. The fraction of sp³-hybridized carbons (Fsp3) is 0. The van der Waals surface area contributed by atoms with E-state index in [1.54, 1.807) is 0 Å². The maximum Gasteiger partial charge on any atom is 0.222 e. The normalized spacial score (nSPS) is 10.6. The predicted molar refractivity (Wildman–Crippen MR) is 94.3 cm³/mol. The second-order valence-electron chi connectivity index (χ2n) is 5.47. The number of aromatic amines is 1. The molecular weight excluding hydrogens is 317 g/mol. The van der Waals surface area contributed by atoms with E-state index < -0.39 is 5.82 Å². The van der Waals surface area contributed by atoms with Crippen LogP contribution in [0, 0.1) is 12.4 Å². The van der Waals surface area contributed by atoms with E-state index in [9.17, 15) is 4.39 Å². The molecule has 0 atom stereocenters. The van der Waals surface area contributed by atoms with E-state index in [2.05, 4.69) is 15.0 Å². The first-order chi connectivity index (χ1) is 12.2. The van der Waals surface area contributed by atoms with E-state index in [1.165, 1.54) is 12.1 Å². The topological polar surface area (TPSA) is 42.3 Å². The first-order valence-electron chi connectivity index (χ1n) is 7.63. The van der Waals surface area contributed by atoms with Gasteiger partial charge in [0, 0.05) is 10.9 Å². The standard InChI is InChI=1S/C20H12FN3O/c1-22-19-11-16-18(12-17(19)21)23-24-20(16)13-7-9-15(10-8-13)25-14-5-3-2-4-6-14/h2-12H,(H,23,24). The summed E-state index contributed by atoms with van der Waals surface area (Å²) >= 11 is 0. The number of aromatic nitrogens is 2. The van der Waals surface area contributed by atoms with Crippen LogP contribution in [0.1, 0.15) is 0 Å². The molecule has 0 amide bonds. The molecule has 4 rings (SSSR count). The maximum atomic E-state index is 13.7. The molecule has 4 nitrogen and oxygen atoms in total. The zero-order chi connectivity index (χ0) is 17.2. The summed E-state index contributed by atoms with van der Waals surface area (Å²) in [5.74, 6) is 0.921. The monoisotopic (exact) mass is 329 g/mol. The Balaban J connectivity index is 1.68. The van der Waals surface area contributed by atoms with Gasteiger partial charge in [-0.15, -0.1) is 0 Å². The third kappa shape index (κ3) is 2.81. The highest BCUT2D eigenvalue weighted by molar-refractivity contribution is 5.95. The number of nitrogens with one attached hydrogen (secondary N) is 1. The summed E-state index contributed by atoms with van der Waals surface area (Å²) in [6, 6.07) is 19.8. The van der Waals surface area contributed by atoms with E-state index in [-0.39, 0.29) is 5.69 Å². The molecule has 1 heterocycles. The number of nitrogens with zero attached hydrogens (tertiary/aromatic N) is 2. The van der Waals surface area contributed by atoms with Crippen molar-refractivity contribution in [3.8, 4) is 22.8 Å². The van der Waals surface area contributed by atoms with Gasteiger partial charge in [-0.1, -0.05) is 18.2 Å². The molecule has 0 fully saturated rings. The Morgan fingerprint density at radius 1 is 0.960 bits per heavy atom. The summed E-state index contributed by atoms with van der Waals surface area (Å²) < 4.78 is 19.5. The molecule has 0 saturated heterocycles. The van der Waals surface area contributed by atoms with Crippen LogP contribution in [0.25, 0.3) is 27.0 Å². The summed E-state index contributed by atoms with van der Waals surface area (Å²) in [7, 11) is 0. The third-order valence-electron chi connectivity index (χ3n) is 3.86. The average molecular weight is 329 g/mol. The first kappa shape index (κ1) is 14.9. The molecule has 0 saturated carbocycles. The van der Waals surface area contributed by atoms with Gasteiger partial charge in [-0.2, -0.15) is 5.10 Å². The van der Waals surface area contributed by atoms with Crippen LogP contribution in [0.4, 0.5) is 10.1 Å². The zero-order valence-corrected chi connectivity index (χ0v) is 13.0. The number of benzene rings is 3. The molecule has 1 aromatic heterocycles. The molecular formula is C20H12FN3O. The van der Waals surface area contributed by atoms with Gasteiger partial charge in [0.2, 0.25) is 5.69 Å². The summed E-state index contributed by atoms with van der Waals surface area (Å²) in [5.41, 5.74) is 2.07. The van der Waals surface area contributed by atoms with Crippen LogP contribution in [0.15, 0.2) is 66.7 Å². The quantitative estimate of drug-likeness (QED) is 0.489. The lowest BCUT2D eigenvalue weighted by Crippen LogP contribution is -1.84. The van der Waals surface area contributed by atoms with Gasteiger partial charge in [0.25, 0.3) is 0 Å². The number of rotatable bonds is 3. The van der Waals surface area contributed by atoms with Crippen molar-refractivity contribution in [1.82, 2.24) is 10.2 Å². The highest BCUT2D eigenvalue weighted by Gasteiger charge is 2.12. The summed E-state index contributed by atoms with van der Waals surface area (Å²) in [6.07, 6.45) is 0. The minimum absolute atomic E-state index is 0.0146. The minimum Gasteiger partial charge on any atom is -0.457 e.